The largest absolute Gasteiger partial charge is 0.467 e. The molecule has 0 aliphatic carbocycles. The minimum absolute atomic E-state index is 0.0898. The smallest absolute Gasteiger partial charge is 0.338 e. The number of aliphatic hydroxyl groups is 1. The number of nitrogens with one attached hydrogen (secondary N) is 1. The van der Waals surface area contributed by atoms with Gasteiger partial charge in [0.05, 0.1) is 12.8 Å². The van der Waals surface area contributed by atoms with E-state index in [0.29, 0.717) is 12.2 Å². The molecule has 1 atom stereocenters. The van der Waals surface area contributed by atoms with Crippen molar-refractivity contribution in [3.63, 3.8) is 0 Å². The maximum atomic E-state index is 11.1. The number of carbonyl (C=O) groups is 1. The van der Waals surface area contributed by atoms with Crippen LogP contribution in [0.25, 0.3) is 0 Å². The number of ether oxygens (including phenoxy) is 1. The van der Waals surface area contributed by atoms with Crippen molar-refractivity contribution >= 4 is 5.97 Å². The number of nitrogens with zero attached hydrogens (tertiary/aromatic N) is 1. The lowest BCUT2D eigenvalue weighted by molar-refractivity contribution is -0.159. The molecule has 6 nitrogen and oxygen atoms in total. The summed E-state index contributed by atoms with van der Waals surface area (Å²) in [4.78, 5) is 11.1. The van der Waals surface area contributed by atoms with Gasteiger partial charge in [-0.15, -0.1) is 0 Å². The van der Waals surface area contributed by atoms with Gasteiger partial charge in [0.15, 0.2) is 5.60 Å². The molecule has 2 N–H and O–H groups in total. The lowest BCUT2D eigenvalue weighted by Crippen LogP contribution is -2.45. The van der Waals surface area contributed by atoms with Crippen molar-refractivity contribution < 1.29 is 19.2 Å². The van der Waals surface area contributed by atoms with E-state index in [-0.39, 0.29) is 6.54 Å². The Morgan fingerprint density at radius 2 is 2.53 bits per heavy atom. The average molecular weight is 214 g/mol. The van der Waals surface area contributed by atoms with E-state index in [4.69, 9.17) is 0 Å². The molecule has 0 fully saturated rings. The molecule has 0 aliphatic heterocycles. The Bertz CT molecular complexity index is 308. The Balaban J connectivity index is 2.33. The molecular weight excluding hydrogens is 200 g/mol. The second kappa shape index (κ2) is 4.90. The van der Waals surface area contributed by atoms with E-state index in [0.717, 1.165) is 0 Å². The van der Waals surface area contributed by atoms with Crippen LogP contribution in [0.5, 0.6) is 0 Å². The van der Waals surface area contributed by atoms with Crippen LogP contribution in [-0.2, 0) is 16.1 Å². The normalized spacial score (nSPS) is 14.6. The fourth-order valence-electron chi connectivity index (χ4n) is 1.05. The molecule has 1 unspecified atom stereocenters. The molecule has 0 spiro atoms. The van der Waals surface area contributed by atoms with Crippen molar-refractivity contribution in [2.45, 2.75) is 19.1 Å². The van der Waals surface area contributed by atoms with E-state index in [1.165, 1.54) is 20.3 Å². The molecule has 1 aromatic rings. The van der Waals surface area contributed by atoms with Crippen LogP contribution in [-0.4, -0.2) is 35.5 Å². The van der Waals surface area contributed by atoms with E-state index >= 15 is 0 Å². The molecule has 6 heteroatoms. The second-order valence-corrected chi connectivity index (χ2v) is 3.36. The van der Waals surface area contributed by atoms with E-state index in [1.54, 1.807) is 6.07 Å². The highest BCUT2D eigenvalue weighted by atomic mass is 16.5. The summed E-state index contributed by atoms with van der Waals surface area (Å²) >= 11 is 0. The zero-order valence-corrected chi connectivity index (χ0v) is 8.69. The number of hydrogen-bond acceptors (Lipinski definition) is 6. The molecule has 1 rings (SSSR count). The zero-order chi connectivity index (χ0) is 11.3. The highest BCUT2D eigenvalue weighted by molar-refractivity contribution is 5.78. The van der Waals surface area contributed by atoms with Crippen LogP contribution < -0.4 is 5.32 Å². The Morgan fingerprint density at radius 1 is 1.80 bits per heavy atom. The number of hydrogen-bond donors (Lipinski definition) is 2. The molecule has 0 aliphatic rings. The van der Waals surface area contributed by atoms with Gasteiger partial charge in [0, 0.05) is 19.2 Å². The number of rotatable bonds is 5. The van der Waals surface area contributed by atoms with E-state index in [1.807, 2.05) is 0 Å². The second-order valence-electron chi connectivity index (χ2n) is 3.36. The highest BCUT2D eigenvalue weighted by Gasteiger charge is 2.30. The maximum Gasteiger partial charge on any atom is 0.338 e. The fourth-order valence-corrected chi connectivity index (χ4v) is 1.05. The van der Waals surface area contributed by atoms with Gasteiger partial charge in [0.2, 0.25) is 0 Å². The molecule has 0 amide bonds. The standard InChI is InChI=1S/C9H14N2O4/c1-9(13,8(12)14-2)6-10-5-7-3-4-15-11-7/h3-4,10,13H,5-6H2,1-2H3. The summed E-state index contributed by atoms with van der Waals surface area (Å²) in [6.07, 6.45) is 1.45. The van der Waals surface area contributed by atoms with Crippen LogP contribution in [0.15, 0.2) is 16.9 Å². The molecule has 15 heavy (non-hydrogen) atoms. The number of aromatic nitrogens is 1. The van der Waals surface area contributed by atoms with E-state index in [9.17, 15) is 9.90 Å². The molecule has 0 saturated heterocycles. The first kappa shape index (κ1) is 11.7. The van der Waals surface area contributed by atoms with Gasteiger partial charge in [-0.05, 0) is 6.92 Å². The summed E-state index contributed by atoms with van der Waals surface area (Å²) in [6.45, 7) is 1.89. The third-order valence-electron chi connectivity index (χ3n) is 1.89. The van der Waals surface area contributed by atoms with E-state index < -0.39 is 11.6 Å². The topological polar surface area (TPSA) is 84.6 Å². The van der Waals surface area contributed by atoms with Crippen molar-refractivity contribution in [2.24, 2.45) is 0 Å². The van der Waals surface area contributed by atoms with Crippen LogP contribution in [0.3, 0.4) is 0 Å². The van der Waals surface area contributed by atoms with Gasteiger partial charge >= 0.3 is 5.97 Å². The third-order valence-corrected chi connectivity index (χ3v) is 1.89. The fraction of sp³-hybridized carbons (Fsp3) is 0.556. The van der Waals surface area contributed by atoms with Crippen molar-refractivity contribution in [1.82, 2.24) is 10.5 Å². The molecule has 0 bridgehead atoms. The van der Waals surface area contributed by atoms with Gasteiger partial charge < -0.3 is 19.7 Å². The Morgan fingerprint density at radius 3 is 3.07 bits per heavy atom. The minimum Gasteiger partial charge on any atom is -0.467 e. The van der Waals surface area contributed by atoms with Crippen LogP contribution in [0.1, 0.15) is 12.6 Å². The Hall–Kier alpha value is -1.40. The molecule has 0 aromatic carbocycles. The summed E-state index contributed by atoms with van der Waals surface area (Å²) in [7, 11) is 1.23. The third kappa shape index (κ3) is 3.34. The van der Waals surface area contributed by atoms with Gasteiger partial charge in [-0.2, -0.15) is 0 Å². The Kier molecular flexibility index (Phi) is 3.81. The Labute approximate surface area is 87.2 Å². The summed E-state index contributed by atoms with van der Waals surface area (Å²) in [5, 5.41) is 16.2. The SMILES string of the molecule is COC(=O)C(C)(O)CNCc1ccon1. The molecule has 0 radical (unpaired) electrons. The van der Waals surface area contributed by atoms with Gasteiger partial charge in [-0.25, -0.2) is 4.79 Å². The monoisotopic (exact) mass is 214 g/mol. The predicted octanol–water partition coefficient (Wildman–Crippen LogP) is -0.312. The number of methoxy groups -OCH3 is 1. The quantitative estimate of drug-likeness (QED) is 0.654. The van der Waals surface area contributed by atoms with E-state index in [2.05, 4.69) is 19.7 Å². The molecule has 1 heterocycles. The van der Waals surface area contributed by atoms with Crippen molar-refractivity contribution in [3.8, 4) is 0 Å². The molecule has 0 saturated carbocycles. The first-order valence-electron chi connectivity index (χ1n) is 4.47. The van der Waals surface area contributed by atoms with Crippen LogP contribution in [0.2, 0.25) is 0 Å². The first-order chi connectivity index (χ1) is 7.06. The van der Waals surface area contributed by atoms with Gasteiger partial charge in [-0.3, -0.25) is 0 Å². The number of esters is 1. The van der Waals surface area contributed by atoms with Crippen LogP contribution >= 0.6 is 0 Å². The van der Waals surface area contributed by atoms with Gasteiger partial charge in [0.25, 0.3) is 0 Å². The molecular formula is C9H14N2O4. The molecule has 84 valence electrons. The lowest BCUT2D eigenvalue weighted by Gasteiger charge is -2.20. The first-order valence-corrected chi connectivity index (χ1v) is 4.47. The average Bonchev–Trinajstić information content (AvgIpc) is 2.69. The van der Waals surface area contributed by atoms with Crippen molar-refractivity contribution in [3.05, 3.63) is 18.0 Å². The van der Waals surface area contributed by atoms with Crippen molar-refractivity contribution in [2.75, 3.05) is 13.7 Å². The summed E-state index contributed by atoms with van der Waals surface area (Å²) < 4.78 is 9.06. The van der Waals surface area contributed by atoms with Gasteiger partial charge in [0.1, 0.15) is 6.26 Å². The highest BCUT2D eigenvalue weighted by Crippen LogP contribution is 2.04. The summed E-state index contributed by atoms with van der Waals surface area (Å²) in [5.74, 6) is -0.671. The van der Waals surface area contributed by atoms with Crippen LogP contribution in [0.4, 0.5) is 0 Å². The van der Waals surface area contributed by atoms with Crippen molar-refractivity contribution in [1.29, 1.82) is 0 Å². The predicted molar refractivity (Wildman–Crippen MR) is 50.8 cm³/mol. The molecule has 1 aromatic heterocycles. The zero-order valence-electron chi connectivity index (χ0n) is 8.69. The maximum absolute atomic E-state index is 11.1. The summed E-state index contributed by atoms with van der Waals surface area (Å²) in [6, 6.07) is 1.69. The lowest BCUT2D eigenvalue weighted by atomic mass is 10.1. The van der Waals surface area contributed by atoms with Gasteiger partial charge in [-0.1, -0.05) is 5.16 Å². The minimum atomic E-state index is -1.53. The number of carbonyl (C=O) groups excluding carboxylic acids is 1. The van der Waals surface area contributed by atoms with Crippen LogP contribution in [0, 0.1) is 0 Å². The summed E-state index contributed by atoms with van der Waals surface area (Å²) in [5.41, 5.74) is -0.825.